The predicted octanol–water partition coefficient (Wildman–Crippen LogP) is 1.02. The monoisotopic (exact) mass is 257 g/mol. The maximum Gasteiger partial charge on any atom is 0.437 e. The summed E-state index contributed by atoms with van der Waals surface area (Å²) in [6.07, 6.45) is 0.999. The molecule has 7 heteroatoms. The zero-order valence-corrected chi connectivity index (χ0v) is 10.9. The molecule has 1 spiro atoms. The average Bonchev–Trinajstić information content (AvgIpc) is 2.72. The molecule has 0 saturated carbocycles. The highest BCUT2D eigenvalue weighted by Gasteiger charge is 2.45. The summed E-state index contributed by atoms with van der Waals surface area (Å²) in [5, 5.41) is 0. The van der Waals surface area contributed by atoms with Gasteiger partial charge in [0.2, 0.25) is 0 Å². The van der Waals surface area contributed by atoms with Crippen molar-refractivity contribution in [2.75, 3.05) is 6.61 Å². The van der Waals surface area contributed by atoms with Crippen LogP contribution in [-0.2, 0) is 28.3 Å². The minimum atomic E-state index is -1.94. The van der Waals surface area contributed by atoms with Crippen molar-refractivity contribution >= 4 is 18.7 Å². The highest BCUT2D eigenvalue weighted by atomic mass is 16.8. The number of rotatable bonds is 2. The van der Waals surface area contributed by atoms with E-state index >= 15 is 0 Å². The second-order valence-corrected chi connectivity index (χ2v) is 5.72. The Morgan fingerprint density at radius 1 is 1.50 bits per heavy atom. The number of esters is 1. The molecule has 2 saturated heterocycles. The zero-order valence-electron chi connectivity index (χ0n) is 10.9. The van der Waals surface area contributed by atoms with Gasteiger partial charge in [0.1, 0.15) is 12.2 Å². The third kappa shape index (κ3) is 3.23. The van der Waals surface area contributed by atoms with E-state index in [0.717, 1.165) is 0 Å². The van der Waals surface area contributed by atoms with E-state index in [1.165, 1.54) is 0 Å². The molecule has 1 unspecified atom stereocenters. The van der Waals surface area contributed by atoms with Crippen molar-refractivity contribution in [2.45, 2.75) is 51.6 Å². The average molecular weight is 257 g/mol. The smallest absolute Gasteiger partial charge is 0.437 e. The lowest BCUT2D eigenvalue weighted by Gasteiger charge is -2.29. The van der Waals surface area contributed by atoms with E-state index in [1.54, 1.807) is 0 Å². The second kappa shape index (κ2) is 4.55. The van der Waals surface area contributed by atoms with Gasteiger partial charge in [0.05, 0.1) is 6.42 Å². The molecule has 0 bridgehead atoms. The van der Waals surface area contributed by atoms with E-state index in [2.05, 4.69) is 0 Å². The summed E-state index contributed by atoms with van der Waals surface area (Å²) in [5.41, 5.74) is -0.505. The van der Waals surface area contributed by atoms with Crippen LogP contribution in [0.5, 0.6) is 0 Å². The van der Waals surface area contributed by atoms with Gasteiger partial charge in [-0.05, 0) is 20.8 Å². The Morgan fingerprint density at radius 2 is 2.22 bits per heavy atom. The number of carbonyl (C=O) groups is 2. The lowest BCUT2D eigenvalue weighted by atomic mass is 9.76. The first-order chi connectivity index (χ1) is 8.28. The lowest BCUT2D eigenvalue weighted by molar-refractivity contribution is -0.156. The van der Waals surface area contributed by atoms with Crippen molar-refractivity contribution in [3.63, 3.8) is 0 Å². The number of carbonyl (C=O) groups excluding carboxylic acids is 2. The van der Waals surface area contributed by atoms with Crippen LogP contribution in [0.15, 0.2) is 0 Å². The molecular formula is C11H18BO6-. The molecule has 18 heavy (non-hydrogen) atoms. The summed E-state index contributed by atoms with van der Waals surface area (Å²) in [4.78, 5) is 22.7. The van der Waals surface area contributed by atoms with E-state index in [1.807, 2.05) is 20.8 Å². The summed E-state index contributed by atoms with van der Waals surface area (Å²) in [5.74, 6) is -0.724. The number of ether oxygens (including phenoxy) is 1. The van der Waals surface area contributed by atoms with Crippen LogP contribution in [0.3, 0.4) is 0 Å². The molecule has 0 aliphatic carbocycles. The van der Waals surface area contributed by atoms with Gasteiger partial charge in [0.15, 0.2) is 0 Å². The highest BCUT2D eigenvalue weighted by Crippen LogP contribution is 2.34. The first-order valence-corrected chi connectivity index (χ1v) is 6.18. The SMILES string of the molecule is CC(C)(C)OC(=O)C[C@@H]1CC[B-]2(OCC(=O)O2)O1. The molecule has 2 fully saturated rings. The molecule has 102 valence electrons. The molecule has 2 heterocycles. The second-order valence-electron chi connectivity index (χ2n) is 5.72. The molecule has 0 aromatic heterocycles. The third-order valence-electron chi connectivity index (χ3n) is 2.82. The first-order valence-electron chi connectivity index (χ1n) is 6.18. The fourth-order valence-electron chi connectivity index (χ4n) is 2.21. The fraction of sp³-hybridized carbons (Fsp3) is 0.818. The van der Waals surface area contributed by atoms with Gasteiger partial charge >= 0.3 is 12.7 Å². The molecule has 6 nitrogen and oxygen atoms in total. The van der Waals surface area contributed by atoms with Crippen LogP contribution in [-0.4, -0.2) is 37.0 Å². The van der Waals surface area contributed by atoms with Crippen molar-refractivity contribution in [1.82, 2.24) is 0 Å². The zero-order chi connectivity index (χ0) is 13.4. The molecular weight excluding hydrogens is 239 g/mol. The minimum Gasteiger partial charge on any atom is -0.642 e. The van der Waals surface area contributed by atoms with Gasteiger partial charge in [-0.3, -0.25) is 9.59 Å². The quantitative estimate of drug-likeness (QED) is 0.543. The molecule has 0 aromatic rings. The molecule has 2 aliphatic rings. The predicted molar refractivity (Wildman–Crippen MR) is 62.6 cm³/mol. The van der Waals surface area contributed by atoms with Crippen molar-refractivity contribution in [3.05, 3.63) is 0 Å². The summed E-state index contributed by atoms with van der Waals surface area (Å²) >= 11 is 0. The summed E-state index contributed by atoms with van der Waals surface area (Å²) in [6, 6.07) is 0. The Hall–Kier alpha value is -1.08. The van der Waals surface area contributed by atoms with Crippen molar-refractivity contribution in [1.29, 1.82) is 0 Å². The standard InChI is InChI=1S/C11H18BO6/c1-11(2,3)16-9(13)6-8-4-5-12(17-8)15-7-10(14)18-12/h8H,4-7H2,1-3H3/q-1/t8-,12?/m0/s1. The normalized spacial score (nSPS) is 31.7. The van der Waals surface area contributed by atoms with Crippen LogP contribution < -0.4 is 0 Å². The van der Waals surface area contributed by atoms with Gasteiger partial charge in [0.25, 0.3) is 5.97 Å². The van der Waals surface area contributed by atoms with E-state index in [4.69, 9.17) is 18.7 Å². The molecule has 0 N–H and O–H groups in total. The van der Waals surface area contributed by atoms with Gasteiger partial charge < -0.3 is 18.7 Å². The number of hydrogen-bond acceptors (Lipinski definition) is 6. The van der Waals surface area contributed by atoms with Crippen molar-refractivity contribution in [3.8, 4) is 0 Å². The topological polar surface area (TPSA) is 71.1 Å². The highest BCUT2D eigenvalue weighted by molar-refractivity contribution is 6.64. The molecule has 0 aromatic carbocycles. The van der Waals surface area contributed by atoms with Crippen LogP contribution >= 0.6 is 0 Å². The van der Waals surface area contributed by atoms with Gasteiger partial charge in [-0.15, -0.1) is 0 Å². The van der Waals surface area contributed by atoms with Crippen LogP contribution in [0.4, 0.5) is 0 Å². The lowest BCUT2D eigenvalue weighted by Crippen LogP contribution is -2.38. The number of hydrogen-bond donors (Lipinski definition) is 0. The molecule has 2 atom stereocenters. The first kappa shape index (κ1) is 13.4. The summed E-state index contributed by atoms with van der Waals surface area (Å²) < 4.78 is 21.1. The van der Waals surface area contributed by atoms with Crippen LogP contribution in [0.2, 0.25) is 6.32 Å². The minimum absolute atomic E-state index is 0.0703. The van der Waals surface area contributed by atoms with E-state index < -0.39 is 18.3 Å². The maximum absolute atomic E-state index is 11.6. The van der Waals surface area contributed by atoms with Gasteiger partial charge in [-0.2, -0.15) is 0 Å². The molecule has 0 amide bonds. The van der Waals surface area contributed by atoms with Crippen LogP contribution in [0.25, 0.3) is 0 Å². The third-order valence-corrected chi connectivity index (χ3v) is 2.82. The van der Waals surface area contributed by atoms with E-state index in [0.29, 0.717) is 12.7 Å². The van der Waals surface area contributed by atoms with E-state index in [9.17, 15) is 9.59 Å². The Morgan fingerprint density at radius 3 is 2.78 bits per heavy atom. The Labute approximate surface area is 106 Å². The van der Waals surface area contributed by atoms with Gasteiger partial charge in [-0.25, -0.2) is 0 Å². The Bertz CT molecular complexity index is 363. The largest absolute Gasteiger partial charge is 0.642 e. The van der Waals surface area contributed by atoms with Crippen molar-refractivity contribution in [2.24, 2.45) is 0 Å². The Kier molecular flexibility index (Phi) is 3.38. The van der Waals surface area contributed by atoms with Gasteiger partial charge in [-0.1, -0.05) is 12.7 Å². The van der Waals surface area contributed by atoms with Crippen LogP contribution in [0.1, 0.15) is 33.6 Å². The van der Waals surface area contributed by atoms with Crippen LogP contribution in [0, 0.1) is 0 Å². The van der Waals surface area contributed by atoms with Gasteiger partial charge in [0, 0.05) is 6.10 Å². The Balaban J connectivity index is 1.83. The maximum atomic E-state index is 11.6. The molecule has 2 aliphatic heterocycles. The fourth-order valence-corrected chi connectivity index (χ4v) is 2.21. The molecule has 2 rings (SSSR count). The summed E-state index contributed by atoms with van der Waals surface area (Å²) in [7, 11) is 0. The summed E-state index contributed by atoms with van der Waals surface area (Å²) in [6.45, 7) is 3.43. The van der Waals surface area contributed by atoms with Crippen molar-refractivity contribution < 1.29 is 28.3 Å². The molecule has 0 radical (unpaired) electrons. The van der Waals surface area contributed by atoms with E-state index in [-0.39, 0.29) is 25.1 Å².